The maximum atomic E-state index is 12.3. The van der Waals surface area contributed by atoms with Gasteiger partial charge in [0.25, 0.3) is 5.91 Å². The lowest BCUT2D eigenvalue weighted by Crippen LogP contribution is -2.27. The van der Waals surface area contributed by atoms with E-state index in [9.17, 15) is 4.79 Å². The lowest BCUT2D eigenvalue weighted by Gasteiger charge is -2.09. The van der Waals surface area contributed by atoms with Gasteiger partial charge in [-0.15, -0.1) is 0 Å². The van der Waals surface area contributed by atoms with Crippen LogP contribution in [0.4, 0.5) is 0 Å². The van der Waals surface area contributed by atoms with E-state index in [0.29, 0.717) is 21.5 Å². The number of thioether (sulfide) groups is 1. The average molecular weight is 398 g/mol. The second-order valence-electron chi connectivity index (χ2n) is 5.66. The van der Waals surface area contributed by atoms with Gasteiger partial charge in [0, 0.05) is 17.5 Å². The molecule has 0 unspecified atom stereocenters. The summed E-state index contributed by atoms with van der Waals surface area (Å²) < 4.78 is 6.51. The van der Waals surface area contributed by atoms with Crippen molar-refractivity contribution in [3.8, 4) is 0 Å². The Kier molecular flexibility index (Phi) is 4.89. The molecule has 0 saturated carbocycles. The third kappa shape index (κ3) is 3.32. The molecule has 1 saturated heterocycles. The van der Waals surface area contributed by atoms with Crippen molar-refractivity contribution in [3.05, 3.63) is 65.3 Å². The van der Waals surface area contributed by atoms with Gasteiger partial charge < -0.3 is 4.42 Å². The van der Waals surface area contributed by atoms with Gasteiger partial charge in [0.2, 0.25) is 0 Å². The first-order valence-corrected chi connectivity index (χ1v) is 10.2. The van der Waals surface area contributed by atoms with Crippen LogP contribution in [0.25, 0.3) is 16.8 Å². The molecule has 130 valence electrons. The molecule has 1 aromatic heterocycles. The third-order valence-corrected chi connectivity index (χ3v) is 6.40. The third-order valence-electron chi connectivity index (χ3n) is 4.03. The minimum atomic E-state index is -0.0536. The predicted octanol–water partition coefficient (Wildman–Crippen LogP) is 5.81. The first-order chi connectivity index (χ1) is 12.7. The highest BCUT2D eigenvalue weighted by Crippen LogP contribution is 2.36. The molecule has 1 aliphatic rings. The topological polar surface area (TPSA) is 33.5 Å². The van der Waals surface area contributed by atoms with E-state index in [1.54, 1.807) is 22.7 Å². The Hall–Kier alpha value is -2.02. The highest BCUT2D eigenvalue weighted by atomic mass is 32.2. The summed E-state index contributed by atoms with van der Waals surface area (Å²) in [7, 11) is 0. The number of thiocarbonyl (C=S) groups is 1. The van der Waals surface area contributed by atoms with Crippen LogP contribution in [0.5, 0.6) is 0 Å². The van der Waals surface area contributed by atoms with Gasteiger partial charge in [-0.3, -0.25) is 9.69 Å². The summed E-state index contributed by atoms with van der Waals surface area (Å²) in [6.07, 6.45) is 1.77. The van der Waals surface area contributed by atoms with Gasteiger partial charge in [0.05, 0.1) is 4.91 Å². The molecule has 0 bridgehead atoms. The van der Waals surface area contributed by atoms with E-state index in [2.05, 4.69) is 24.3 Å². The zero-order valence-corrected chi connectivity index (χ0v) is 16.4. The molecule has 0 spiro atoms. The van der Waals surface area contributed by atoms with Crippen LogP contribution in [0.1, 0.15) is 12.7 Å². The number of rotatable bonds is 4. The van der Waals surface area contributed by atoms with Crippen LogP contribution in [-0.2, 0) is 4.79 Å². The first kappa shape index (κ1) is 17.4. The van der Waals surface area contributed by atoms with E-state index in [1.165, 1.54) is 22.5 Å². The Balaban J connectivity index is 1.58. The van der Waals surface area contributed by atoms with E-state index in [1.807, 2.05) is 37.3 Å². The summed E-state index contributed by atoms with van der Waals surface area (Å²) in [5, 5.41) is 3.19. The molecule has 4 rings (SSSR count). The SMILES string of the molecule is CCN1C(=O)C(=Cc2ccc(Sc3cccc4ccccc34)o2)SC1=S. The molecule has 0 radical (unpaired) electrons. The maximum absolute atomic E-state index is 12.3. The van der Waals surface area contributed by atoms with Crippen molar-refractivity contribution in [2.24, 2.45) is 0 Å². The number of benzene rings is 2. The van der Waals surface area contributed by atoms with Gasteiger partial charge in [-0.25, -0.2) is 0 Å². The van der Waals surface area contributed by atoms with E-state index in [4.69, 9.17) is 16.6 Å². The number of likely N-dealkylation sites (N-methyl/N-ethyl adjacent to an activating group) is 1. The second-order valence-corrected chi connectivity index (χ2v) is 8.38. The molecular weight excluding hydrogens is 382 g/mol. The number of hydrogen-bond acceptors (Lipinski definition) is 5. The minimum absolute atomic E-state index is 0.0536. The molecule has 0 aliphatic carbocycles. The van der Waals surface area contributed by atoms with Crippen molar-refractivity contribution in [1.82, 2.24) is 4.90 Å². The fourth-order valence-corrected chi connectivity index (χ4v) is 5.06. The van der Waals surface area contributed by atoms with Gasteiger partial charge in [-0.1, -0.05) is 72.1 Å². The van der Waals surface area contributed by atoms with E-state index in [0.717, 1.165) is 9.99 Å². The summed E-state index contributed by atoms with van der Waals surface area (Å²) in [6.45, 7) is 2.50. The normalized spacial score (nSPS) is 16.2. The van der Waals surface area contributed by atoms with Gasteiger partial charge in [-0.05, 0) is 35.9 Å². The quantitative estimate of drug-likeness (QED) is 0.410. The predicted molar refractivity (Wildman–Crippen MR) is 112 cm³/mol. The maximum Gasteiger partial charge on any atom is 0.266 e. The van der Waals surface area contributed by atoms with Crippen LogP contribution >= 0.6 is 35.7 Å². The molecule has 6 heteroatoms. The van der Waals surface area contributed by atoms with Gasteiger partial charge >= 0.3 is 0 Å². The molecule has 0 atom stereocenters. The fraction of sp³-hybridized carbons (Fsp3) is 0.100. The largest absolute Gasteiger partial charge is 0.450 e. The van der Waals surface area contributed by atoms with Crippen molar-refractivity contribution in [2.45, 2.75) is 16.9 Å². The molecule has 1 amide bonds. The van der Waals surface area contributed by atoms with Crippen LogP contribution in [0, 0.1) is 0 Å². The number of furan rings is 1. The zero-order chi connectivity index (χ0) is 18.1. The summed E-state index contributed by atoms with van der Waals surface area (Å²) in [5.74, 6) is 0.603. The van der Waals surface area contributed by atoms with Crippen LogP contribution in [0.2, 0.25) is 0 Å². The lowest BCUT2D eigenvalue weighted by atomic mass is 10.1. The molecule has 3 aromatic rings. The number of carbonyl (C=O) groups excluding carboxylic acids is 1. The monoisotopic (exact) mass is 397 g/mol. The van der Waals surface area contributed by atoms with Crippen molar-refractivity contribution in [2.75, 3.05) is 6.54 Å². The Morgan fingerprint density at radius 2 is 1.96 bits per heavy atom. The van der Waals surface area contributed by atoms with Crippen molar-refractivity contribution in [3.63, 3.8) is 0 Å². The van der Waals surface area contributed by atoms with Gasteiger partial charge in [-0.2, -0.15) is 0 Å². The van der Waals surface area contributed by atoms with E-state index in [-0.39, 0.29) is 5.91 Å². The Labute approximate surface area is 165 Å². The molecular formula is C20H15NO2S3. The average Bonchev–Trinajstić information content (AvgIpc) is 3.19. The van der Waals surface area contributed by atoms with E-state index >= 15 is 0 Å². The molecule has 3 nitrogen and oxygen atoms in total. The molecule has 2 aromatic carbocycles. The molecule has 1 aliphatic heterocycles. The highest BCUT2D eigenvalue weighted by molar-refractivity contribution is 8.26. The molecule has 26 heavy (non-hydrogen) atoms. The van der Waals surface area contributed by atoms with Crippen molar-refractivity contribution < 1.29 is 9.21 Å². The van der Waals surface area contributed by atoms with Gasteiger partial charge in [0.1, 0.15) is 10.1 Å². The van der Waals surface area contributed by atoms with Crippen molar-refractivity contribution in [1.29, 1.82) is 0 Å². The number of hydrogen-bond donors (Lipinski definition) is 0. The van der Waals surface area contributed by atoms with Crippen molar-refractivity contribution >= 4 is 62.8 Å². The zero-order valence-electron chi connectivity index (χ0n) is 14.0. The molecule has 0 N–H and O–H groups in total. The summed E-state index contributed by atoms with van der Waals surface area (Å²) >= 11 is 8.14. The Morgan fingerprint density at radius 3 is 2.77 bits per heavy atom. The van der Waals surface area contributed by atoms with Crippen LogP contribution in [-0.4, -0.2) is 21.7 Å². The smallest absolute Gasteiger partial charge is 0.266 e. The summed E-state index contributed by atoms with van der Waals surface area (Å²) in [6, 6.07) is 18.3. The minimum Gasteiger partial charge on any atom is -0.450 e. The highest BCUT2D eigenvalue weighted by Gasteiger charge is 2.30. The number of amides is 1. The second kappa shape index (κ2) is 7.31. The Bertz CT molecular complexity index is 1030. The Morgan fingerprint density at radius 1 is 1.15 bits per heavy atom. The summed E-state index contributed by atoms with van der Waals surface area (Å²) in [4.78, 5) is 15.6. The number of nitrogens with zero attached hydrogens (tertiary/aromatic N) is 1. The molecule has 2 heterocycles. The summed E-state index contributed by atoms with van der Waals surface area (Å²) in [5.41, 5.74) is 0. The lowest BCUT2D eigenvalue weighted by molar-refractivity contribution is -0.121. The number of carbonyl (C=O) groups is 1. The van der Waals surface area contributed by atoms with E-state index < -0.39 is 0 Å². The fourth-order valence-electron chi connectivity index (χ4n) is 2.76. The number of fused-ring (bicyclic) bond motifs is 1. The first-order valence-electron chi connectivity index (χ1n) is 8.16. The van der Waals surface area contributed by atoms with Crippen LogP contribution in [0.15, 0.2) is 73.9 Å². The van der Waals surface area contributed by atoms with Crippen LogP contribution in [0.3, 0.4) is 0 Å². The molecule has 1 fully saturated rings. The van der Waals surface area contributed by atoms with Gasteiger partial charge in [0.15, 0.2) is 5.09 Å². The van der Waals surface area contributed by atoms with Crippen LogP contribution < -0.4 is 0 Å². The standard InChI is InChI=1S/C20H15NO2S3/c1-2-21-19(22)17(26-20(21)24)12-14-10-11-18(23-14)25-16-9-5-7-13-6-3-4-8-15(13)16/h3-12H,2H2,1H3.